The number of benzene rings is 3. The summed E-state index contributed by atoms with van der Waals surface area (Å²) in [6.07, 6.45) is 6.57. The van der Waals surface area contributed by atoms with E-state index in [4.69, 9.17) is 4.74 Å². The Morgan fingerprint density at radius 1 is 1.03 bits per heavy atom. The van der Waals surface area contributed by atoms with Crippen molar-refractivity contribution >= 4 is 33.9 Å². The molecule has 0 radical (unpaired) electrons. The third kappa shape index (κ3) is 4.38. The lowest BCUT2D eigenvalue weighted by atomic mass is 10.0. The largest absolute Gasteiger partial charge is 0.465 e. The van der Waals surface area contributed by atoms with Gasteiger partial charge in [0.15, 0.2) is 0 Å². The van der Waals surface area contributed by atoms with Crippen molar-refractivity contribution in [2.45, 2.75) is 6.92 Å². The normalized spacial score (nSPS) is 11.4. The molecule has 4 aromatic rings. The second-order valence-corrected chi connectivity index (χ2v) is 7.07. The number of hydrogen-bond acceptors (Lipinski definition) is 4. The van der Waals surface area contributed by atoms with E-state index in [9.17, 15) is 9.59 Å². The number of imidazole rings is 1. The van der Waals surface area contributed by atoms with Crippen LogP contribution in [0.15, 0.2) is 85.5 Å². The molecule has 0 unspecified atom stereocenters. The van der Waals surface area contributed by atoms with Gasteiger partial charge >= 0.3 is 5.97 Å². The molecule has 1 N–H and O–H groups in total. The minimum Gasteiger partial charge on any atom is -0.465 e. The van der Waals surface area contributed by atoms with Crippen LogP contribution in [-0.2, 0) is 9.53 Å². The van der Waals surface area contributed by atoms with Gasteiger partial charge in [-0.05, 0) is 53.1 Å². The molecular weight excluding hydrogens is 390 g/mol. The maximum atomic E-state index is 12.7. The summed E-state index contributed by atoms with van der Waals surface area (Å²) in [7, 11) is 1.31. The van der Waals surface area contributed by atoms with Crippen LogP contribution in [0.2, 0.25) is 0 Å². The van der Waals surface area contributed by atoms with Gasteiger partial charge in [0.25, 0.3) is 0 Å². The molecule has 1 heterocycles. The van der Waals surface area contributed by atoms with Gasteiger partial charge in [0.05, 0.1) is 24.7 Å². The van der Waals surface area contributed by atoms with E-state index in [1.807, 2.05) is 49.4 Å². The third-order valence-corrected chi connectivity index (χ3v) is 5.02. The van der Waals surface area contributed by atoms with Gasteiger partial charge in [0.1, 0.15) is 0 Å². The number of nitrogens with one attached hydrogen (secondary N) is 1. The molecule has 0 saturated heterocycles. The molecule has 3 aromatic carbocycles. The Morgan fingerprint density at radius 3 is 2.58 bits per heavy atom. The molecule has 1 amide bonds. The van der Waals surface area contributed by atoms with Crippen LogP contribution >= 0.6 is 0 Å². The molecule has 0 fully saturated rings. The van der Waals surface area contributed by atoms with Gasteiger partial charge in [-0.3, -0.25) is 4.79 Å². The molecule has 0 aliphatic heterocycles. The van der Waals surface area contributed by atoms with Gasteiger partial charge in [-0.1, -0.05) is 36.4 Å². The van der Waals surface area contributed by atoms with Gasteiger partial charge in [-0.15, -0.1) is 0 Å². The number of aromatic nitrogens is 2. The fourth-order valence-electron chi connectivity index (χ4n) is 3.38. The molecule has 0 aliphatic carbocycles. The molecule has 0 spiro atoms. The predicted octanol–water partition coefficient (Wildman–Crippen LogP) is 4.85. The lowest BCUT2D eigenvalue weighted by Gasteiger charge is -2.12. The highest BCUT2D eigenvalue weighted by molar-refractivity contribution is 6.08. The summed E-state index contributed by atoms with van der Waals surface area (Å²) >= 11 is 0. The number of esters is 1. The maximum absolute atomic E-state index is 12.7. The number of hydrogen-bond donors (Lipinski definition) is 1. The van der Waals surface area contributed by atoms with Crippen LogP contribution in [0, 0.1) is 0 Å². The third-order valence-electron chi connectivity index (χ3n) is 5.02. The van der Waals surface area contributed by atoms with Gasteiger partial charge in [0.2, 0.25) is 5.91 Å². The first-order chi connectivity index (χ1) is 15.0. The predicted molar refractivity (Wildman–Crippen MR) is 121 cm³/mol. The summed E-state index contributed by atoms with van der Waals surface area (Å²) in [5, 5.41) is 5.05. The van der Waals surface area contributed by atoms with Crippen molar-refractivity contribution in [3.8, 4) is 5.69 Å². The Hall–Kier alpha value is -4.19. The Bertz CT molecular complexity index is 1290. The van der Waals surface area contributed by atoms with E-state index in [2.05, 4.69) is 10.3 Å². The molecular formula is C25H21N3O3. The Labute approximate surface area is 179 Å². The summed E-state index contributed by atoms with van der Waals surface area (Å²) in [5.74, 6) is -0.862. The monoisotopic (exact) mass is 411 g/mol. The lowest BCUT2D eigenvalue weighted by Crippen LogP contribution is -2.14. The van der Waals surface area contributed by atoms with Crippen LogP contribution in [0.1, 0.15) is 22.8 Å². The standard InChI is InChI=1S/C25H21N3O3/c1-17(19-8-7-18-5-3-4-6-20(18)14-19)13-24(29)27-23-10-9-21(28-12-11-26-16-28)15-22(23)25(30)31-2/h3-16H,1-2H3,(H,27,29). The number of carbonyl (C=O) groups is 2. The Kier molecular flexibility index (Phi) is 5.62. The van der Waals surface area contributed by atoms with Gasteiger partial charge in [0, 0.05) is 24.2 Å². The highest BCUT2D eigenvalue weighted by Gasteiger charge is 2.15. The van der Waals surface area contributed by atoms with Crippen molar-refractivity contribution < 1.29 is 14.3 Å². The van der Waals surface area contributed by atoms with Crippen molar-refractivity contribution in [1.82, 2.24) is 9.55 Å². The van der Waals surface area contributed by atoms with E-state index in [1.54, 1.807) is 41.5 Å². The number of carbonyl (C=O) groups excluding carboxylic acids is 2. The van der Waals surface area contributed by atoms with E-state index in [0.717, 1.165) is 27.6 Å². The van der Waals surface area contributed by atoms with Crippen LogP contribution in [0.3, 0.4) is 0 Å². The van der Waals surface area contributed by atoms with Crippen molar-refractivity contribution in [1.29, 1.82) is 0 Å². The SMILES string of the molecule is COC(=O)c1cc(-n2ccnc2)ccc1NC(=O)C=C(C)c1ccc2ccccc2c1. The van der Waals surface area contributed by atoms with Crippen molar-refractivity contribution in [2.75, 3.05) is 12.4 Å². The minimum absolute atomic E-state index is 0.263. The maximum Gasteiger partial charge on any atom is 0.340 e. The first kappa shape index (κ1) is 20.1. The molecule has 0 saturated carbocycles. The summed E-state index contributed by atoms with van der Waals surface area (Å²) in [6.45, 7) is 1.88. The van der Waals surface area contributed by atoms with E-state index < -0.39 is 5.97 Å². The molecule has 31 heavy (non-hydrogen) atoms. The zero-order chi connectivity index (χ0) is 21.8. The number of nitrogens with zero attached hydrogens (tertiary/aromatic N) is 2. The number of rotatable bonds is 5. The number of methoxy groups -OCH3 is 1. The molecule has 4 rings (SSSR count). The van der Waals surface area contributed by atoms with E-state index in [1.165, 1.54) is 13.2 Å². The fourth-order valence-corrected chi connectivity index (χ4v) is 3.38. The Balaban J connectivity index is 1.60. The van der Waals surface area contributed by atoms with Gasteiger partial charge < -0.3 is 14.6 Å². The molecule has 154 valence electrons. The van der Waals surface area contributed by atoms with Crippen molar-refractivity contribution in [2.24, 2.45) is 0 Å². The number of ether oxygens (including phenoxy) is 1. The van der Waals surface area contributed by atoms with Gasteiger partial charge in [-0.2, -0.15) is 0 Å². The fraction of sp³-hybridized carbons (Fsp3) is 0.0800. The Morgan fingerprint density at radius 2 is 1.84 bits per heavy atom. The number of anilines is 1. The number of allylic oxidation sites excluding steroid dienone is 1. The lowest BCUT2D eigenvalue weighted by molar-refractivity contribution is -0.111. The quantitative estimate of drug-likeness (QED) is 0.376. The van der Waals surface area contributed by atoms with E-state index in [-0.39, 0.29) is 11.5 Å². The zero-order valence-electron chi connectivity index (χ0n) is 17.2. The smallest absolute Gasteiger partial charge is 0.340 e. The van der Waals surface area contributed by atoms with Crippen LogP contribution < -0.4 is 5.32 Å². The first-order valence-corrected chi connectivity index (χ1v) is 9.74. The van der Waals surface area contributed by atoms with Crippen LogP contribution in [0.5, 0.6) is 0 Å². The second kappa shape index (κ2) is 8.67. The number of amides is 1. The van der Waals surface area contributed by atoms with Crippen LogP contribution in [0.25, 0.3) is 22.0 Å². The topological polar surface area (TPSA) is 73.2 Å². The zero-order valence-corrected chi connectivity index (χ0v) is 17.2. The summed E-state index contributed by atoms with van der Waals surface area (Å²) in [6, 6.07) is 19.3. The van der Waals surface area contributed by atoms with Crippen molar-refractivity contribution in [3.05, 3.63) is 96.6 Å². The highest BCUT2D eigenvalue weighted by Crippen LogP contribution is 2.23. The molecule has 1 aromatic heterocycles. The average Bonchev–Trinajstić information content (AvgIpc) is 3.33. The molecule has 6 nitrogen and oxygen atoms in total. The van der Waals surface area contributed by atoms with Crippen LogP contribution in [-0.4, -0.2) is 28.5 Å². The summed E-state index contributed by atoms with van der Waals surface area (Å²) in [5.41, 5.74) is 3.15. The summed E-state index contributed by atoms with van der Waals surface area (Å²) < 4.78 is 6.66. The van der Waals surface area contributed by atoms with Gasteiger partial charge in [-0.25, -0.2) is 9.78 Å². The van der Waals surface area contributed by atoms with E-state index >= 15 is 0 Å². The number of fused-ring (bicyclic) bond motifs is 1. The minimum atomic E-state index is -0.535. The average molecular weight is 411 g/mol. The van der Waals surface area contributed by atoms with Crippen LogP contribution in [0.4, 0.5) is 5.69 Å². The molecule has 0 bridgehead atoms. The highest BCUT2D eigenvalue weighted by atomic mass is 16.5. The van der Waals surface area contributed by atoms with Crippen molar-refractivity contribution in [3.63, 3.8) is 0 Å². The first-order valence-electron chi connectivity index (χ1n) is 9.74. The van der Waals surface area contributed by atoms with E-state index in [0.29, 0.717) is 5.69 Å². The second-order valence-electron chi connectivity index (χ2n) is 7.07. The summed E-state index contributed by atoms with van der Waals surface area (Å²) in [4.78, 5) is 29.0. The molecule has 0 atom stereocenters. The molecule has 0 aliphatic rings. The molecule has 6 heteroatoms.